The van der Waals surface area contributed by atoms with Gasteiger partial charge in [0.1, 0.15) is 22.6 Å². The second-order valence-corrected chi connectivity index (χ2v) is 4.76. The van der Waals surface area contributed by atoms with Crippen LogP contribution in [0.4, 0.5) is 0 Å². The van der Waals surface area contributed by atoms with Gasteiger partial charge in [-0.15, -0.1) is 5.10 Å². The van der Waals surface area contributed by atoms with Gasteiger partial charge in [0.25, 0.3) is 0 Å². The monoisotopic (exact) mass is 285 g/mol. The molecular formula is C10H12ClN5OS. The van der Waals surface area contributed by atoms with Crippen molar-refractivity contribution in [2.75, 3.05) is 6.61 Å². The van der Waals surface area contributed by atoms with E-state index in [9.17, 15) is 0 Å². The van der Waals surface area contributed by atoms with Crippen molar-refractivity contribution in [3.05, 3.63) is 22.9 Å². The van der Waals surface area contributed by atoms with Crippen LogP contribution in [0.15, 0.2) is 16.2 Å². The number of aryl methyl sites for hydroxylation is 1. The van der Waals surface area contributed by atoms with Crippen LogP contribution in [0.5, 0.6) is 0 Å². The first-order valence-electron chi connectivity index (χ1n) is 5.35. The number of aromatic amines is 1. The van der Waals surface area contributed by atoms with Crippen molar-refractivity contribution in [2.24, 2.45) is 0 Å². The highest BCUT2D eigenvalue weighted by atomic mass is 35.5. The van der Waals surface area contributed by atoms with Crippen LogP contribution in [0.3, 0.4) is 0 Å². The fourth-order valence-corrected chi connectivity index (χ4v) is 2.26. The maximum absolute atomic E-state index is 5.93. The summed E-state index contributed by atoms with van der Waals surface area (Å²) in [6.45, 7) is 4.71. The van der Waals surface area contributed by atoms with Crippen molar-refractivity contribution < 1.29 is 4.74 Å². The van der Waals surface area contributed by atoms with Gasteiger partial charge < -0.3 is 4.74 Å². The summed E-state index contributed by atoms with van der Waals surface area (Å²) in [4.78, 5) is 12.6. The average Bonchev–Trinajstić information content (AvgIpc) is 2.71. The highest BCUT2D eigenvalue weighted by Crippen LogP contribution is 2.24. The van der Waals surface area contributed by atoms with Gasteiger partial charge in [-0.25, -0.2) is 15.0 Å². The molecule has 0 fully saturated rings. The molecule has 8 heteroatoms. The molecule has 0 aliphatic carbocycles. The van der Waals surface area contributed by atoms with Gasteiger partial charge in [0.2, 0.25) is 5.16 Å². The molecule has 0 atom stereocenters. The lowest BCUT2D eigenvalue weighted by molar-refractivity contribution is 0.128. The van der Waals surface area contributed by atoms with Crippen molar-refractivity contribution in [1.29, 1.82) is 0 Å². The average molecular weight is 286 g/mol. The van der Waals surface area contributed by atoms with E-state index in [-0.39, 0.29) is 0 Å². The summed E-state index contributed by atoms with van der Waals surface area (Å²) in [5.74, 6) is 1.31. The van der Waals surface area contributed by atoms with Gasteiger partial charge in [0.05, 0.1) is 0 Å². The Balaban J connectivity index is 2.14. The zero-order valence-corrected chi connectivity index (χ0v) is 11.5. The summed E-state index contributed by atoms with van der Waals surface area (Å²) in [7, 11) is 0. The summed E-state index contributed by atoms with van der Waals surface area (Å²) in [5.41, 5.74) is 0. The van der Waals surface area contributed by atoms with Gasteiger partial charge in [0, 0.05) is 12.7 Å². The zero-order chi connectivity index (χ0) is 13.0. The van der Waals surface area contributed by atoms with Crippen LogP contribution in [-0.4, -0.2) is 31.8 Å². The lowest BCUT2D eigenvalue weighted by Crippen LogP contribution is -2.00. The van der Waals surface area contributed by atoms with Crippen LogP contribution in [0.1, 0.15) is 18.6 Å². The summed E-state index contributed by atoms with van der Waals surface area (Å²) < 4.78 is 5.25. The van der Waals surface area contributed by atoms with Crippen molar-refractivity contribution in [2.45, 2.75) is 30.6 Å². The molecule has 2 aromatic rings. The molecule has 0 saturated heterocycles. The second-order valence-electron chi connectivity index (χ2n) is 3.39. The molecule has 18 heavy (non-hydrogen) atoms. The van der Waals surface area contributed by atoms with Crippen molar-refractivity contribution in [3.8, 4) is 0 Å². The van der Waals surface area contributed by atoms with E-state index in [1.165, 1.54) is 11.8 Å². The van der Waals surface area contributed by atoms with Crippen molar-refractivity contribution >= 4 is 23.4 Å². The molecule has 6 nitrogen and oxygen atoms in total. The SMILES string of the molecule is CCOCc1nc(Cl)cc(Sc2n[nH]c(C)n2)n1. The molecular weight excluding hydrogens is 274 g/mol. The largest absolute Gasteiger partial charge is 0.374 e. The highest BCUT2D eigenvalue weighted by Gasteiger charge is 2.08. The van der Waals surface area contributed by atoms with Gasteiger partial charge in [-0.05, 0) is 25.6 Å². The Morgan fingerprint density at radius 3 is 2.89 bits per heavy atom. The van der Waals surface area contributed by atoms with Crippen LogP contribution in [0.2, 0.25) is 5.15 Å². The Hall–Kier alpha value is -1.18. The Bertz CT molecular complexity index is 533. The van der Waals surface area contributed by atoms with Gasteiger partial charge in [-0.3, -0.25) is 5.10 Å². The molecule has 2 aromatic heterocycles. The quantitative estimate of drug-likeness (QED) is 0.849. The third-order valence-corrected chi connectivity index (χ3v) is 2.90. The van der Waals surface area contributed by atoms with E-state index < -0.39 is 0 Å². The number of rotatable bonds is 5. The lowest BCUT2D eigenvalue weighted by Gasteiger charge is -2.03. The number of aromatic nitrogens is 5. The lowest BCUT2D eigenvalue weighted by atomic mass is 10.6. The van der Waals surface area contributed by atoms with Crippen molar-refractivity contribution in [1.82, 2.24) is 25.1 Å². The maximum atomic E-state index is 5.93. The maximum Gasteiger partial charge on any atom is 0.214 e. The predicted octanol–water partition coefficient (Wildman–Crippen LogP) is 2.24. The molecule has 2 rings (SSSR count). The molecule has 0 unspecified atom stereocenters. The second kappa shape index (κ2) is 6.12. The molecule has 0 aliphatic heterocycles. The minimum atomic E-state index is 0.345. The molecule has 96 valence electrons. The molecule has 0 aromatic carbocycles. The van der Waals surface area contributed by atoms with Crippen LogP contribution in [-0.2, 0) is 11.3 Å². The number of halogens is 1. The van der Waals surface area contributed by atoms with E-state index in [1.54, 1.807) is 6.07 Å². The molecule has 0 radical (unpaired) electrons. The van der Waals surface area contributed by atoms with Crippen molar-refractivity contribution in [3.63, 3.8) is 0 Å². The molecule has 0 saturated carbocycles. The number of H-pyrrole nitrogens is 1. The fourth-order valence-electron chi connectivity index (χ4n) is 1.21. The molecule has 0 bridgehead atoms. The number of nitrogens with one attached hydrogen (secondary N) is 1. The first-order valence-corrected chi connectivity index (χ1v) is 6.55. The van der Waals surface area contributed by atoms with E-state index >= 15 is 0 Å². The first kappa shape index (κ1) is 13.3. The van der Waals surface area contributed by atoms with E-state index in [4.69, 9.17) is 16.3 Å². The summed E-state index contributed by atoms with van der Waals surface area (Å²) in [6.07, 6.45) is 0. The standard InChI is InChI=1S/C10H12ClN5OS/c1-3-17-5-8-13-7(11)4-9(14-8)18-10-12-6(2)15-16-10/h4H,3,5H2,1-2H3,(H,12,15,16). The Labute approximate surface area is 114 Å². The van der Waals surface area contributed by atoms with Crippen LogP contribution >= 0.6 is 23.4 Å². The smallest absolute Gasteiger partial charge is 0.214 e. The highest BCUT2D eigenvalue weighted by molar-refractivity contribution is 7.99. The first-order chi connectivity index (χ1) is 8.67. The third-order valence-electron chi connectivity index (χ3n) is 1.93. The van der Waals surface area contributed by atoms with Gasteiger partial charge in [-0.2, -0.15) is 0 Å². The van der Waals surface area contributed by atoms with Crippen LogP contribution < -0.4 is 0 Å². The Morgan fingerprint density at radius 2 is 2.22 bits per heavy atom. The van der Waals surface area contributed by atoms with Crippen LogP contribution in [0.25, 0.3) is 0 Å². The fraction of sp³-hybridized carbons (Fsp3) is 0.400. The summed E-state index contributed by atoms with van der Waals surface area (Å²) in [6, 6.07) is 1.67. The Morgan fingerprint density at radius 1 is 1.39 bits per heavy atom. The molecule has 0 spiro atoms. The minimum absolute atomic E-state index is 0.345. The molecule has 2 heterocycles. The number of hydrogen-bond donors (Lipinski definition) is 1. The zero-order valence-electron chi connectivity index (χ0n) is 9.97. The molecule has 1 N–H and O–H groups in total. The van der Waals surface area contributed by atoms with E-state index in [1.807, 2.05) is 13.8 Å². The third kappa shape index (κ3) is 3.66. The number of hydrogen-bond acceptors (Lipinski definition) is 6. The summed E-state index contributed by atoms with van der Waals surface area (Å²) >= 11 is 7.26. The predicted molar refractivity (Wildman–Crippen MR) is 67.6 cm³/mol. The van der Waals surface area contributed by atoms with Gasteiger partial charge >= 0.3 is 0 Å². The minimum Gasteiger partial charge on any atom is -0.374 e. The van der Waals surface area contributed by atoms with E-state index in [0.717, 1.165) is 5.82 Å². The number of nitrogens with zero attached hydrogens (tertiary/aromatic N) is 4. The normalized spacial score (nSPS) is 10.8. The summed E-state index contributed by atoms with van der Waals surface area (Å²) in [5, 5.41) is 8.48. The molecule has 0 amide bonds. The van der Waals surface area contributed by atoms with E-state index in [0.29, 0.717) is 34.4 Å². The Kier molecular flexibility index (Phi) is 4.51. The van der Waals surface area contributed by atoms with E-state index in [2.05, 4.69) is 25.1 Å². The molecule has 0 aliphatic rings. The number of ether oxygens (including phenoxy) is 1. The van der Waals surface area contributed by atoms with Crippen LogP contribution in [0, 0.1) is 6.92 Å². The topological polar surface area (TPSA) is 76.6 Å². The van der Waals surface area contributed by atoms with Gasteiger partial charge in [0.15, 0.2) is 5.82 Å². The van der Waals surface area contributed by atoms with Gasteiger partial charge in [-0.1, -0.05) is 11.6 Å².